The van der Waals surface area contributed by atoms with E-state index in [1.165, 1.54) is 0 Å². The molecule has 9 heteroatoms. The predicted octanol–water partition coefficient (Wildman–Crippen LogP) is 4.70. The van der Waals surface area contributed by atoms with Gasteiger partial charge in [-0.05, 0) is 43.0 Å². The van der Waals surface area contributed by atoms with Crippen LogP contribution in [0.1, 0.15) is 23.4 Å². The van der Waals surface area contributed by atoms with Crippen LogP contribution in [0.25, 0.3) is 22.4 Å². The fourth-order valence-corrected chi connectivity index (χ4v) is 4.93. The number of pyridine rings is 1. The molecule has 1 aliphatic rings. The molecule has 0 unspecified atom stereocenters. The molecule has 0 atom stereocenters. The lowest BCUT2D eigenvalue weighted by Gasteiger charge is -2.36. The Labute approximate surface area is 207 Å². The number of amides is 1. The number of benzene rings is 1. The molecule has 0 bridgehead atoms. The summed E-state index contributed by atoms with van der Waals surface area (Å²) in [6, 6.07) is 11.8. The number of nitrogens with one attached hydrogen (secondary N) is 2. The zero-order chi connectivity index (χ0) is 24.3. The summed E-state index contributed by atoms with van der Waals surface area (Å²) in [5.41, 5.74) is 4.01. The second kappa shape index (κ2) is 9.89. The Morgan fingerprint density at radius 2 is 1.63 bits per heavy atom. The van der Waals surface area contributed by atoms with Crippen molar-refractivity contribution in [3.8, 4) is 22.4 Å². The maximum atomic E-state index is 13.6. The van der Waals surface area contributed by atoms with Gasteiger partial charge in [-0.15, -0.1) is 11.3 Å². The molecule has 4 heterocycles. The van der Waals surface area contributed by atoms with Crippen LogP contribution in [-0.2, 0) is 14.9 Å². The predicted molar refractivity (Wildman–Crippen MR) is 137 cm³/mol. The summed E-state index contributed by atoms with van der Waals surface area (Å²) in [6.45, 7) is 3.04. The number of hydrogen-bond acceptors (Lipinski definition) is 8. The molecule has 0 radical (unpaired) electrons. The van der Waals surface area contributed by atoms with Gasteiger partial charge in [0.1, 0.15) is 5.82 Å². The van der Waals surface area contributed by atoms with E-state index in [1.54, 1.807) is 37.0 Å². The summed E-state index contributed by atoms with van der Waals surface area (Å²) in [7, 11) is 1.79. The third kappa shape index (κ3) is 4.78. The minimum Gasteiger partial charge on any atom is -0.381 e. The number of nitrogens with zero attached hydrogens (tertiary/aromatic N) is 4. The first-order chi connectivity index (χ1) is 17.1. The molecule has 1 aliphatic heterocycles. The highest BCUT2D eigenvalue weighted by atomic mass is 32.1. The summed E-state index contributed by atoms with van der Waals surface area (Å²) in [5, 5.41) is 8.98. The molecule has 8 nitrogen and oxygen atoms in total. The van der Waals surface area contributed by atoms with Crippen molar-refractivity contribution in [2.45, 2.75) is 25.2 Å². The summed E-state index contributed by atoms with van der Waals surface area (Å²) in [4.78, 5) is 31.2. The fraction of sp³-hybridized carbons (Fsp3) is 0.269. The van der Waals surface area contributed by atoms with E-state index in [2.05, 4.69) is 30.6 Å². The van der Waals surface area contributed by atoms with Gasteiger partial charge >= 0.3 is 0 Å². The number of carbonyl (C=O) groups is 1. The number of ether oxygens (including phenoxy) is 1. The molecule has 1 fully saturated rings. The molecule has 1 amide bonds. The quantitative estimate of drug-likeness (QED) is 0.407. The summed E-state index contributed by atoms with van der Waals surface area (Å²) < 4.78 is 5.60. The van der Waals surface area contributed by atoms with Crippen LogP contribution in [0.3, 0.4) is 0 Å². The number of anilines is 2. The zero-order valence-electron chi connectivity index (χ0n) is 19.6. The standard InChI is InChI=1S/C26H26N6O2S/c1-17-31-22(16-35-17)19-5-8-23(28-13-19)32-24(33)26(9-11-34-12-10-26)21-6-3-18(4-7-21)20-14-29-25(27-2)30-15-20/h3-8,13-16H,9-12H2,1-2H3,(H,27,29,30)(H,28,32,33). The van der Waals surface area contributed by atoms with Crippen molar-refractivity contribution < 1.29 is 9.53 Å². The van der Waals surface area contributed by atoms with Crippen LogP contribution in [0.5, 0.6) is 0 Å². The summed E-state index contributed by atoms with van der Waals surface area (Å²) in [5.74, 6) is 1.03. The molecule has 35 heavy (non-hydrogen) atoms. The average Bonchev–Trinajstić information content (AvgIpc) is 3.36. The van der Waals surface area contributed by atoms with Crippen molar-refractivity contribution in [2.75, 3.05) is 30.9 Å². The zero-order valence-corrected chi connectivity index (χ0v) is 20.4. The Balaban J connectivity index is 1.37. The van der Waals surface area contributed by atoms with Crippen LogP contribution in [0.2, 0.25) is 0 Å². The van der Waals surface area contributed by atoms with Gasteiger partial charge < -0.3 is 15.4 Å². The molecule has 4 aromatic rings. The van der Waals surface area contributed by atoms with Gasteiger partial charge in [0.05, 0.1) is 16.1 Å². The van der Waals surface area contributed by atoms with Gasteiger partial charge in [0, 0.05) is 55.4 Å². The van der Waals surface area contributed by atoms with E-state index in [0.717, 1.165) is 33.0 Å². The van der Waals surface area contributed by atoms with Crippen molar-refractivity contribution in [1.82, 2.24) is 19.9 Å². The summed E-state index contributed by atoms with van der Waals surface area (Å²) in [6.07, 6.45) is 6.53. The average molecular weight is 487 g/mol. The molecule has 1 saturated heterocycles. The number of rotatable bonds is 6. The van der Waals surface area contributed by atoms with Crippen molar-refractivity contribution in [2.24, 2.45) is 0 Å². The summed E-state index contributed by atoms with van der Waals surface area (Å²) >= 11 is 1.60. The third-order valence-corrected chi connectivity index (χ3v) is 7.12. The van der Waals surface area contributed by atoms with Gasteiger partial charge in [0.2, 0.25) is 11.9 Å². The van der Waals surface area contributed by atoms with E-state index in [-0.39, 0.29) is 5.91 Å². The molecule has 0 spiro atoms. The van der Waals surface area contributed by atoms with Gasteiger partial charge in [-0.1, -0.05) is 24.3 Å². The monoisotopic (exact) mass is 486 g/mol. The smallest absolute Gasteiger partial charge is 0.236 e. The minimum atomic E-state index is -0.685. The lowest BCUT2D eigenvalue weighted by atomic mass is 9.73. The Morgan fingerprint density at radius 3 is 2.23 bits per heavy atom. The van der Waals surface area contributed by atoms with Crippen LogP contribution in [0.15, 0.2) is 60.4 Å². The number of aryl methyl sites for hydroxylation is 1. The topological polar surface area (TPSA) is 102 Å². The molecular formula is C26H26N6O2S. The van der Waals surface area contributed by atoms with Crippen molar-refractivity contribution >= 4 is 29.0 Å². The Kier molecular flexibility index (Phi) is 6.52. The Morgan fingerprint density at radius 1 is 0.943 bits per heavy atom. The Hall–Kier alpha value is -3.69. The Bertz CT molecular complexity index is 1300. The van der Waals surface area contributed by atoms with Crippen LogP contribution in [0.4, 0.5) is 11.8 Å². The van der Waals surface area contributed by atoms with Crippen molar-refractivity contribution in [3.05, 3.63) is 70.9 Å². The van der Waals surface area contributed by atoms with Crippen LogP contribution < -0.4 is 10.6 Å². The molecule has 3 aromatic heterocycles. The highest BCUT2D eigenvalue weighted by molar-refractivity contribution is 7.09. The van der Waals surface area contributed by atoms with Gasteiger partial charge in [0.15, 0.2) is 0 Å². The van der Waals surface area contributed by atoms with Crippen molar-refractivity contribution in [1.29, 1.82) is 0 Å². The van der Waals surface area contributed by atoms with Gasteiger partial charge in [-0.2, -0.15) is 0 Å². The van der Waals surface area contributed by atoms with Gasteiger partial charge in [-0.3, -0.25) is 4.79 Å². The van der Waals surface area contributed by atoms with Crippen LogP contribution in [-0.4, -0.2) is 46.1 Å². The van der Waals surface area contributed by atoms with Gasteiger partial charge in [-0.25, -0.2) is 19.9 Å². The maximum absolute atomic E-state index is 13.6. The molecule has 0 saturated carbocycles. The molecule has 5 rings (SSSR count). The SMILES string of the molecule is CNc1ncc(-c2ccc(C3(C(=O)Nc4ccc(-c5csc(C)n5)cn4)CCOCC3)cc2)cn1. The first-order valence-electron chi connectivity index (χ1n) is 11.5. The molecule has 0 aliphatic carbocycles. The first-order valence-corrected chi connectivity index (χ1v) is 12.3. The minimum absolute atomic E-state index is 0.0694. The van der Waals surface area contributed by atoms with Crippen molar-refractivity contribution in [3.63, 3.8) is 0 Å². The second-order valence-corrected chi connectivity index (χ2v) is 9.52. The normalized spacial score (nSPS) is 14.9. The number of aromatic nitrogens is 4. The lowest BCUT2D eigenvalue weighted by Crippen LogP contribution is -2.45. The molecular weight excluding hydrogens is 460 g/mol. The number of hydrogen-bond donors (Lipinski definition) is 2. The van der Waals surface area contributed by atoms with Gasteiger partial charge in [0.25, 0.3) is 0 Å². The number of carbonyl (C=O) groups excluding carboxylic acids is 1. The van der Waals surface area contributed by atoms with E-state index in [9.17, 15) is 4.79 Å². The lowest BCUT2D eigenvalue weighted by molar-refractivity contribution is -0.125. The molecule has 178 valence electrons. The van der Waals surface area contributed by atoms with Crippen LogP contribution >= 0.6 is 11.3 Å². The number of thiazole rings is 1. The molecule has 2 N–H and O–H groups in total. The first kappa shape index (κ1) is 23.1. The van der Waals surface area contributed by atoms with E-state index in [4.69, 9.17) is 4.74 Å². The fourth-order valence-electron chi connectivity index (χ4n) is 4.31. The van der Waals surface area contributed by atoms with E-state index < -0.39 is 5.41 Å². The van der Waals surface area contributed by atoms with E-state index in [0.29, 0.717) is 37.8 Å². The van der Waals surface area contributed by atoms with Crippen LogP contribution in [0, 0.1) is 6.92 Å². The van der Waals surface area contributed by atoms with E-state index in [1.807, 2.05) is 48.7 Å². The highest BCUT2D eigenvalue weighted by Gasteiger charge is 2.42. The third-order valence-electron chi connectivity index (χ3n) is 6.35. The maximum Gasteiger partial charge on any atom is 0.236 e. The molecule has 1 aromatic carbocycles. The largest absolute Gasteiger partial charge is 0.381 e. The highest BCUT2D eigenvalue weighted by Crippen LogP contribution is 2.37. The van der Waals surface area contributed by atoms with E-state index >= 15 is 0 Å². The second-order valence-electron chi connectivity index (χ2n) is 8.46.